The van der Waals surface area contributed by atoms with Crippen LogP contribution in [-0.4, -0.2) is 11.0 Å². The number of carbonyl (C=O) groups excluding carboxylic acids is 1. The Kier molecular flexibility index (Phi) is 5.72. The van der Waals surface area contributed by atoms with Crippen molar-refractivity contribution in [1.29, 1.82) is 0 Å². The minimum Gasteiger partial charge on any atom is -0.314 e. The zero-order chi connectivity index (χ0) is 16.8. The number of hydrogen-bond donors (Lipinski definition) is 2. The second kappa shape index (κ2) is 7.75. The number of anilines is 1. The van der Waals surface area contributed by atoms with Gasteiger partial charge in [0.25, 0.3) is 5.69 Å². The van der Waals surface area contributed by atoms with Gasteiger partial charge in [-0.3, -0.25) is 10.1 Å². The zero-order valence-corrected chi connectivity index (χ0v) is 14.0. The van der Waals surface area contributed by atoms with Gasteiger partial charge in [-0.05, 0) is 23.8 Å². The maximum Gasteiger partial charge on any atom is 0.323 e. The van der Waals surface area contributed by atoms with Crippen molar-refractivity contribution in [2.45, 2.75) is 0 Å². The molecule has 0 spiro atoms. The summed E-state index contributed by atoms with van der Waals surface area (Å²) in [6.45, 7) is 0. The maximum absolute atomic E-state index is 11.8. The van der Waals surface area contributed by atoms with Crippen LogP contribution < -0.4 is 10.6 Å². The van der Waals surface area contributed by atoms with E-state index in [-0.39, 0.29) is 16.4 Å². The minimum atomic E-state index is -0.563. The lowest BCUT2D eigenvalue weighted by atomic mass is 10.2. The average molecular weight is 397 g/mol. The first-order valence-electron chi connectivity index (χ1n) is 6.40. The number of urea groups is 1. The van der Waals surface area contributed by atoms with E-state index in [2.05, 4.69) is 26.6 Å². The molecule has 118 valence electrons. The molecule has 6 nitrogen and oxygen atoms in total. The summed E-state index contributed by atoms with van der Waals surface area (Å²) in [6.07, 6.45) is 3.17. The van der Waals surface area contributed by atoms with Gasteiger partial charge in [-0.1, -0.05) is 45.7 Å². The molecule has 8 heteroatoms. The van der Waals surface area contributed by atoms with Crippen molar-refractivity contribution in [1.82, 2.24) is 5.32 Å². The van der Waals surface area contributed by atoms with Gasteiger partial charge in [-0.15, -0.1) is 0 Å². The first kappa shape index (κ1) is 17.0. The van der Waals surface area contributed by atoms with Crippen molar-refractivity contribution >= 4 is 51.0 Å². The van der Waals surface area contributed by atoms with Gasteiger partial charge in [-0.2, -0.15) is 0 Å². The molecule has 2 amide bonds. The Morgan fingerprint density at radius 1 is 1.26 bits per heavy atom. The topological polar surface area (TPSA) is 84.3 Å². The fourth-order valence-electron chi connectivity index (χ4n) is 1.70. The lowest BCUT2D eigenvalue weighted by Gasteiger charge is -2.06. The maximum atomic E-state index is 11.8. The molecule has 0 atom stereocenters. The summed E-state index contributed by atoms with van der Waals surface area (Å²) in [5, 5.41) is 15.9. The molecule has 2 aromatic rings. The van der Waals surface area contributed by atoms with Crippen LogP contribution in [0.4, 0.5) is 16.2 Å². The highest BCUT2D eigenvalue weighted by Crippen LogP contribution is 2.26. The van der Waals surface area contributed by atoms with Gasteiger partial charge in [0.05, 0.1) is 15.6 Å². The number of nitro groups is 1. The molecule has 2 N–H and O–H groups in total. The van der Waals surface area contributed by atoms with Crippen LogP contribution in [0.3, 0.4) is 0 Å². The lowest BCUT2D eigenvalue weighted by Crippen LogP contribution is -2.23. The molecule has 0 saturated carbocycles. The highest BCUT2D eigenvalue weighted by Gasteiger charge is 2.11. The summed E-state index contributed by atoms with van der Waals surface area (Å²) in [6, 6.07) is 10.7. The summed E-state index contributed by atoms with van der Waals surface area (Å²) in [5.41, 5.74) is 0.891. The third-order valence-electron chi connectivity index (χ3n) is 2.79. The Balaban J connectivity index is 2.01. The van der Waals surface area contributed by atoms with E-state index >= 15 is 0 Å². The third kappa shape index (κ3) is 4.80. The van der Waals surface area contributed by atoms with Crippen molar-refractivity contribution < 1.29 is 9.72 Å². The molecule has 0 unspecified atom stereocenters. The molecule has 0 aliphatic carbocycles. The van der Waals surface area contributed by atoms with Crippen LogP contribution in [0.1, 0.15) is 5.56 Å². The molecule has 0 aliphatic rings. The molecule has 2 aromatic carbocycles. The second-order valence-corrected chi connectivity index (χ2v) is 5.64. The van der Waals surface area contributed by atoms with Gasteiger partial charge in [0.2, 0.25) is 0 Å². The molecular formula is C15H11BrClN3O3. The number of nitrogens with one attached hydrogen (secondary N) is 2. The quantitative estimate of drug-likeness (QED) is 0.575. The van der Waals surface area contributed by atoms with Crippen molar-refractivity contribution in [2.75, 3.05) is 5.32 Å². The Hall–Kier alpha value is -2.38. The smallest absolute Gasteiger partial charge is 0.314 e. The van der Waals surface area contributed by atoms with E-state index in [1.54, 1.807) is 6.08 Å². The first-order chi connectivity index (χ1) is 11.0. The number of amides is 2. The Bertz CT molecular complexity index is 780. The van der Waals surface area contributed by atoms with Crippen LogP contribution in [0.2, 0.25) is 5.02 Å². The molecule has 0 radical (unpaired) electrons. The number of non-ortho nitro benzene ring substituents is 1. The number of rotatable bonds is 4. The Labute approximate surface area is 145 Å². The van der Waals surface area contributed by atoms with Crippen molar-refractivity contribution in [3.8, 4) is 0 Å². The molecule has 0 heterocycles. The third-order valence-corrected chi connectivity index (χ3v) is 3.84. The van der Waals surface area contributed by atoms with Crippen molar-refractivity contribution in [3.05, 3.63) is 73.8 Å². The predicted octanol–water partition coefficient (Wildman–Crippen LogP) is 4.80. The second-order valence-electron chi connectivity index (χ2n) is 4.37. The molecule has 0 bridgehead atoms. The Morgan fingerprint density at radius 3 is 2.70 bits per heavy atom. The number of nitro benzene ring substituents is 1. The number of nitrogens with zero attached hydrogens (tertiary/aromatic N) is 1. The fourth-order valence-corrected chi connectivity index (χ4v) is 2.28. The number of hydrogen-bond acceptors (Lipinski definition) is 3. The number of halogens is 2. The van der Waals surface area contributed by atoms with Gasteiger partial charge in [0.1, 0.15) is 0 Å². The lowest BCUT2D eigenvalue weighted by molar-refractivity contribution is -0.384. The summed E-state index contributed by atoms with van der Waals surface area (Å²) >= 11 is 9.29. The Morgan fingerprint density at radius 2 is 2.00 bits per heavy atom. The van der Waals surface area contributed by atoms with E-state index in [4.69, 9.17) is 11.6 Å². The minimum absolute atomic E-state index is 0.159. The average Bonchev–Trinajstić information content (AvgIpc) is 2.51. The van der Waals surface area contributed by atoms with E-state index in [0.717, 1.165) is 10.0 Å². The largest absolute Gasteiger partial charge is 0.323 e. The molecular weight excluding hydrogens is 386 g/mol. The van der Waals surface area contributed by atoms with Gasteiger partial charge in [-0.25, -0.2) is 4.79 Å². The van der Waals surface area contributed by atoms with Crippen LogP contribution in [0, 0.1) is 10.1 Å². The fraction of sp³-hybridized carbons (Fsp3) is 0. The van der Waals surface area contributed by atoms with E-state index in [1.807, 2.05) is 24.3 Å². The summed E-state index contributed by atoms with van der Waals surface area (Å²) in [4.78, 5) is 22.0. The molecule has 23 heavy (non-hydrogen) atoms. The monoisotopic (exact) mass is 395 g/mol. The van der Waals surface area contributed by atoms with E-state index in [0.29, 0.717) is 0 Å². The van der Waals surface area contributed by atoms with Gasteiger partial charge < -0.3 is 10.6 Å². The molecule has 0 fully saturated rings. The highest BCUT2D eigenvalue weighted by molar-refractivity contribution is 9.10. The zero-order valence-electron chi connectivity index (χ0n) is 11.6. The van der Waals surface area contributed by atoms with Gasteiger partial charge in [0, 0.05) is 22.8 Å². The number of carbonyl (C=O) groups is 1. The van der Waals surface area contributed by atoms with Crippen LogP contribution >= 0.6 is 27.5 Å². The van der Waals surface area contributed by atoms with Crippen LogP contribution in [0.15, 0.2) is 53.1 Å². The van der Waals surface area contributed by atoms with E-state index < -0.39 is 11.0 Å². The molecule has 0 saturated heterocycles. The van der Waals surface area contributed by atoms with Crippen LogP contribution in [0.5, 0.6) is 0 Å². The van der Waals surface area contributed by atoms with Gasteiger partial charge >= 0.3 is 6.03 Å². The molecule has 2 rings (SSSR count). The molecule has 0 aliphatic heterocycles. The standard InChI is InChI=1S/C15H11BrClN3O3/c16-12-4-2-1-3-10(12)7-8-18-15(21)19-14-9-11(20(22)23)5-6-13(14)17/h1-9H,(H2,18,19,21)/b8-7+. The molecule has 0 aromatic heterocycles. The van der Waals surface area contributed by atoms with Crippen LogP contribution in [-0.2, 0) is 0 Å². The SMILES string of the molecule is O=C(N/C=C/c1ccccc1Br)Nc1cc([N+](=O)[O-])ccc1Cl. The van der Waals surface area contributed by atoms with Crippen molar-refractivity contribution in [3.63, 3.8) is 0 Å². The normalized spacial score (nSPS) is 10.5. The predicted molar refractivity (Wildman–Crippen MR) is 93.4 cm³/mol. The number of benzene rings is 2. The highest BCUT2D eigenvalue weighted by atomic mass is 79.9. The van der Waals surface area contributed by atoms with Crippen LogP contribution in [0.25, 0.3) is 6.08 Å². The van der Waals surface area contributed by atoms with Gasteiger partial charge in [0.15, 0.2) is 0 Å². The first-order valence-corrected chi connectivity index (χ1v) is 7.57. The summed E-state index contributed by atoms with van der Waals surface area (Å²) in [7, 11) is 0. The van der Waals surface area contributed by atoms with Crippen molar-refractivity contribution in [2.24, 2.45) is 0 Å². The summed E-state index contributed by atoms with van der Waals surface area (Å²) in [5.74, 6) is 0. The van der Waals surface area contributed by atoms with E-state index in [1.165, 1.54) is 24.4 Å². The summed E-state index contributed by atoms with van der Waals surface area (Å²) < 4.78 is 0.889. The van der Waals surface area contributed by atoms with E-state index in [9.17, 15) is 14.9 Å².